The van der Waals surface area contributed by atoms with Gasteiger partial charge in [0.25, 0.3) is 0 Å². The second kappa shape index (κ2) is 9.28. The smallest absolute Gasteiger partial charge is 0.223 e. The zero-order valence-electron chi connectivity index (χ0n) is 14.5. The maximum Gasteiger partial charge on any atom is 0.223 e. The number of piperazine rings is 1. The molecule has 0 bridgehead atoms. The van der Waals surface area contributed by atoms with Gasteiger partial charge in [-0.3, -0.25) is 4.79 Å². The normalized spacial score (nSPS) is 21.4. The summed E-state index contributed by atoms with van der Waals surface area (Å²) in [5, 5.41) is 3.32. The van der Waals surface area contributed by atoms with E-state index in [4.69, 9.17) is 4.74 Å². The molecule has 1 aromatic rings. The lowest BCUT2D eigenvalue weighted by molar-refractivity contribution is -0.133. The van der Waals surface area contributed by atoms with E-state index in [0.717, 1.165) is 31.8 Å². The van der Waals surface area contributed by atoms with Crippen LogP contribution in [0.5, 0.6) is 5.75 Å². The molecule has 1 aromatic carbocycles. The Morgan fingerprint density at radius 3 is 2.88 bits per heavy atom. The highest BCUT2D eigenvalue weighted by Gasteiger charge is 2.22. The van der Waals surface area contributed by atoms with E-state index >= 15 is 0 Å². The van der Waals surface area contributed by atoms with Gasteiger partial charge in [0.15, 0.2) is 0 Å². The molecule has 1 saturated carbocycles. The number of hydrogen-bond acceptors (Lipinski definition) is 3. The summed E-state index contributed by atoms with van der Waals surface area (Å²) in [5.74, 6) is 1.22. The van der Waals surface area contributed by atoms with Crippen LogP contribution in [-0.4, -0.2) is 42.6 Å². The van der Waals surface area contributed by atoms with Gasteiger partial charge in [0, 0.05) is 32.1 Å². The number of hydrogen-bond donors (Lipinski definition) is 1. The number of nitrogens with one attached hydrogen (secondary N) is 1. The van der Waals surface area contributed by atoms with Crippen molar-refractivity contribution in [2.24, 2.45) is 0 Å². The third kappa shape index (κ3) is 5.12. The Morgan fingerprint density at radius 1 is 1.33 bits per heavy atom. The van der Waals surface area contributed by atoms with Crippen LogP contribution in [0.4, 0.5) is 0 Å². The summed E-state index contributed by atoms with van der Waals surface area (Å²) in [6.07, 6.45) is 6.65. The molecule has 0 radical (unpaired) electrons. The van der Waals surface area contributed by atoms with E-state index in [2.05, 4.69) is 24.4 Å². The zero-order valence-corrected chi connectivity index (χ0v) is 15.3. The van der Waals surface area contributed by atoms with E-state index in [-0.39, 0.29) is 18.3 Å². The summed E-state index contributed by atoms with van der Waals surface area (Å²) < 4.78 is 6.05. The first-order valence-corrected chi connectivity index (χ1v) is 8.98. The maximum absolute atomic E-state index is 12.4. The quantitative estimate of drug-likeness (QED) is 0.884. The molecule has 1 heterocycles. The van der Waals surface area contributed by atoms with E-state index < -0.39 is 0 Å². The van der Waals surface area contributed by atoms with Crippen molar-refractivity contribution < 1.29 is 9.53 Å². The average molecular weight is 353 g/mol. The second-order valence-corrected chi connectivity index (χ2v) is 6.81. The molecule has 0 spiro atoms. The van der Waals surface area contributed by atoms with Crippen LogP contribution in [0.1, 0.15) is 44.6 Å². The molecule has 134 valence electrons. The Kier molecular flexibility index (Phi) is 7.38. The predicted molar refractivity (Wildman–Crippen MR) is 98.9 cm³/mol. The Balaban J connectivity index is 0.00000208. The molecule has 3 rings (SSSR count). The van der Waals surface area contributed by atoms with Crippen molar-refractivity contribution in [1.29, 1.82) is 0 Å². The molecule has 1 N–H and O–H groups in total. The van der Waals surface area contributed by atoms with E-state index in [0.29, 0.717) is 18.6 Å². The van der Waals surface area contributed by atoms with Crippen LogP contribution >= 0.6 is 12.4 Å². The Bertz CT molecular complexity index is 532. The summed E-state index contributed by atoms with van der Waals surface area (Å²) >= 11 is 0. The lowest BCUT2D eigenvalue weighted by Gasteiger charge is -2.34. The van der Waals surface area contributed by atoms with Crippen molar-refractivity contribution in [3.05, 3.63) is 29.8 Å². The molecule has 2 aliphatic rings. The van der Waals surface area contributed by atoms with Gasteiger partial charge in [-0.25, -0.2) is 0 Å². The van der Waals surface area contributed by atoms with E-state index in [1.807, 2.05) is 17.0 Å². The van der Waals surface area contributed by atoms with Crippen molar-refractivity contribution in [1.82, 2.24) is 10.2 Å². The van der Waals surface area contributed by atoms with Gasteiger partial charge in [-0.05, 0) is 56.7 Å². The van der Waals surface area contributed by atoms with Gasteiger partial charge in [0.2, 0.25) is 5.91 Å². The SMILES string of the molecule is CC1CNCCN1C(=O)CCc1cccc(OC2CCCC2)c1.Cl. The fraction of sp³-hybridized carbons (Fsp3) is 0.632. The Labute approximate surface area is 151 Å². The number of benzene rings is 1. The maximum atomic E-state index is 12.4. The number of aryl methyl sites for hydroxylation is 1. The van der Waals surface area contributed by atoms with E-state index in [1.54, 1.807) is 0 Å². The van der Waals surface area contributed by atoms with Crippen LogP contribution in [0, 0.1) is 0 Å². The van der Waals surface area contributed by atoms with Gasteiger partial charge in [-0.2, -0.15) is 0 Å². The number of carbonyl (C=O) groups is 1. The Morgan fingerprint density at radius 2 is 2.12 bits per heavy atom. The molecular weight excluding hydrogens is 324 g/mol. The largest absolute Gasteiger partial charge is 0.490 e. The molecule has 24 heavy (non-hydrogen) atoms. The second-order valence-electron chi connectivity index (χ2n) is 6.81. The standard InChI is InChI=1S/C19H28N2O2.ClH/c1-15-14-20-11-12-21(15)19(22)10-9-16-5-4-8-18(13-16)23-17-6-2-3-7-17;/h4-5,8,13,15,17,20H,2-3,6-7,9-12,14H2,1H3;1H. The van der Waals surface area contributed by atoms with Gasteiger partial charge in [-0.15, -0.1) is 12.4 Å². The van der Waals surface area contributed by atoms with Crippen molar-refractivity contribution in [2.75, 3.05) is 19.6 Å². The van der Waals surface area contributed by atoms with Gasteiger partial charge >= 0.3 is 0 Å². The minimum absolute atomic E-state index is 0. The van der Waals surface area contributed by atoms with Crippen LogP contribution in [-0.2, 0) is 11.2 Å². The summed E-state index contributed by atoms with van der Waals surface area (Å²) in [6.45, 7) is 4.74. The van der Waals surface area contributed by atoms with E-state index in [1.165, 1.54) is 31.2 Å². The number of nitrogens with zero attached hydrogens (tertiary/aromatic N) is 1. The fourth-order valence-electron chi connectivity index (χ4n) is 3.58. The first-order chi connectivity index (χ1) is 11.2. The molecule has 4 nitrogen and oxygen atoms in total. The fourth-order valence-corrected chi connectivity index (χ4v) is 3.58. The number of ether oxygens (including phenoxy) is 1. The van der Waals surface area contributed by atoms with Crippen LogP contribution in [0.3, 0.4) is 0 Å². The van der Waals surface area contributed by atoms with Crippen molar-refractivity contribution >= 4 is 18.3 Å². The Hall–Kier alpha value is -1.26. The molecule has 2 fully saturated rings. The lowest BCUT2D eigenvalue weighted by Crippen LogP contribution is -2.52. The average Bonchev–Trinajstić information content (AvgIpc) is 3.06. The molecule has 1 saturated heterocycles. The zero-order chi connectivity index (χ0) is 16.1. The lowest BCUT2D eigenvalue weighted by atomic mass is 10.1. The summed E-state index contributed by atoms with van der Waals surface area (Å²) in [5.41, 5.74) is 1.19. The van der Waals surface area contributed by atoms with Crippen LogP contribution in [0.2, 0.25) is 0 Å². The summed E-state index contributed by atoms with van der Waals surface area (Å²) in [7, 11) is 0. The highest BCUT2D eigenvalue weighted by atomic mass is 35.5. The molecule has 1 aliphatic heterocycles. The first kappa shape index (κ1) is 19.1. The predicted octanol–water partition coefficient (Wildman–Crippen LogP) is 3.18. The van der Waals surface area contributed by atoms with Gasteiger partial charge in [-0.1, -0.05) is 12.1 Å². The van der Waals surface area contributed by atoms with Crippen LogP contribution < -0.4 is 10.1 Å². The van der Waals surface area contributed by atoms with Gasteiger partial charge in [0.1, 0.15) is 5.75 Å². The summed E-state index contributed by atoms with van der Waals surface area (Å²) in [6, 6.07) is 8.57. The van der Waals surface area contributed by atoms with Crippen molar-refractivity contribution in [3.63, 3.8) is 0 Å². The highest BCUT2D eigenvalue weighted by molar-refractivity contribution is 5.85. The number of amides is 1. The number of rotatable bonds is 5. The van der Waals surface area contributed by atoms with Gasteiger partial charge < -0.3 is 15.0 Å². The molecule has 1 unspecified atom stereocenters. The van der Waals surface area contributed by atoms with Crippen molar-refractivity contribution in [2.45, 2.75) is 57.6 Å². The van der Waals surface area contributed by atoms with Crippen LogP contribution in [0.15, 0.2) is 24.3 Å². The van der Waals surface area contributed by atoms with Crippen LogP contribution in [0.25, 0.3) is 0 Å². The van der Waals surface area contributed by atoms with Gasteiger partial charge in [0.05, 0.1) is 6.10 Å². The number of halogens is 1. The third-order valence-corrected chi connectivity index (χ3v) is 4.95. The monoisotopic (exact) mass is 352 g/mol. The molecule has 1 amide bonds. The first-order valence-electron chi connectivity index (χ1n) is 8.98. The molecule has 5 heteroatoms. The number of carbonyl (C=O) groups excluding carboxylic acids is 1. The van der Waals surface area contributed by atoms with E-state index in [9.17, 15) is 4.79 Å². The molecule has 1 aliphatic carbocycles. The molecule has 0 aromatic heterocycles. The molecular formula is C19H29ClN2O2. The molecule has 1 atom stereocenters. The summed E-state index contributed by atoms with van der Waals surface area (Å²) in [4.78, 5) is 14.4. The third-order valence-electron chi connectivity index (χ3n) is 4.95. The highest BCUT2D eigenvalue weighted by Crippen LogP contribution is 2.25. The minimum Gasteiger partial charge on any atom is -0.490 e. The van der Waals surface area contributed by atoms with Crippen molar-refractivity contribution in [3.8, 4) is 5.75 Å². The minimum atomic E-state index is 0. The topological polar surface area (TPSA) is 41.6 Å².